The van der Waals surface area contributed by atoms with Gasteiger partial charge < -0.3 is 13.9 Å². The summed E-state index contributed by atoms with van der Waals surface area (Å²) in [4.78, 5) is 24.9. The van der Waals surface area contributed by atoms with Crippen LogP contribution in [0.3, 0.4) is 0 Å². The van der Waals surface area contributed by atoms with Crippen molar-refractivity contribution in [2.45, 2.75) is 31.8 Å². The number of benzene rings is 2. The number of carbonyl (C=O) groups is 1. The quantitative estimate of drug-likeness (QED) is 0.294. The molecule has 5 rings (SSSR count). The number of carbonyl (C=O) groups excluding carboxylic acids is 1. The van der Waals surface area contributed by atoms with Crippen LogP contribution in [0, 0.1) is 0 Å². The summed E-state index contributed by atoms with van der Waals surface area (Å²) < 4.78 is 17.1. The van der Waals surface area contributed by atoms with Gasteiger partial charge in [0, 0.05) is 28.3 Å². The van der Waals surface area contributed by atoms with Crippen molar-refractivity contribution in [2.24, 2.45) is 0 Å². The second-order valence-electron chi connectivity index (χ2n) is 6.89. The second-order valence-corrected chi connectivity index (χ2v) is 6.89. The SMILES string of the molecule is CCOC(=O)c1cc(=O)oc2c3c(c4ccccc4c12)OC1C=CCCC31. The summed E-state index contributed by atoms with van der Waals surface area (Å²) >= 11 is 0. The molecule has 0 amide bonds. The standard InChI is InChI=1S/C22H18O5/c1-2-25-22(24)15-11-17(23)27-21-18(15)12-7-3-4-8-13(12)20-19(21)14-9-5-6-10-16(14)26-20/h3-4,6-8,10-11,14,16H,2,5,9H2,1H3. The Hall–Kier alpha value is -3.08. The third-order valence-electron chi connectivity index (χ3n) is 5.38. The summed E-state index contributed by atoms with van der Waals surface area (Å²) in [5.41, 5.74) is 1.03. The van der Waals surface area contributed by atoms with Crippen molar-refractivity contribution in [1.29, 1.82) is 0 Å². The fourth-order valence-corrected chi connectivity index (χ4v) is 4.30. The highest BCUT2D eigenvalue weighted by molar-refractivity contribution is 6.18. The van der Waals surface area contributed by atoms with Crippen LogP contribution in [0.4, 0.5) is 0 Å². The molecule has 0 fully saturated rings. The van der Waals surface area contributed by atoms with Gasteiger partial charge in [0.15, 0.2) is 0 Å². The number of hydrogen-bond acceptors (Lipinski definition) is 5. The first-order chi connectivity index (χ1) is 13.2. The minimum atomic E-state index is -0.558. The largest absolute Gasteiger partial charge is 0.485 e. The topological polar surface area (TPSA) is 65.7 Å². The lowest BCUT2D eigenvalue weighted by atomic mass is 9.84. The summed E-state index contributed by atoms with van der Waals surface area (Å²) in [6, 6.07) is 8.97. The van der Waals surface area contributed by atoms with Crippen LogP contribution in [-0.2, 0) is 4.74 Å². The van der Waals surface area contributed by atoms with Crippen LogP contribution in [0.2, 0.25) is 0 Å². The Bertz CT molecular complexity index is 1170. The van der Waals surface area contributed by atoms with Crippen LogP contribution >= 0.6 is 0 Å². The van der Waals surface area contributed by atoms with E-state index in [1.54, 1.807) is 6.92 Å². The molecule has 136 valence electrons. The van der Waals surface area contributed by atoms with Crippen LogP contribution in [0.15, 0.2) is 51.7 Å². The number of esters is 1. The van der Waals surface area contributed by atoms with Crippen molar-refractivity contribution in [3.05, 3.63) is 64.0 Å². The normalized spacial score (nSPS) is 20.3. The summed E-state index contributed by atoms with van der Waals surface area (Å²) in [5, 5.41) is 2.36. The van der Waals surface area contributed by atoms with Gasteiger partial charge in [0.05, 0.1) is 12.2 Å². The Morgan fingerprint density at radius 1 is 1.26 bits per heavy atom. The van der Waals surface area contributed by atoms with Crippen LogP contribution in [0.1, 0.15) is 41.6 Å². The molecule has 0 bridgehead atoms. The molecule has 1 aliphatic carbocycles. The van der Waals surface area contributed by atoms with Gasteiger partial charge in [-0.2, -0.15) is 0 Å². The zero-order valence-electron chi connectivity index (χ0n) is 14.9. The highest BCUT2D eigenvalue weighted by Crippen LogP contribution is 2.51. The summed E-state index contributed by atoms with van der Waals surface area (Å²) in [6.45, 7) is 1.98. The molecule has 1 aromatic heterocycles. The maximum Gasteiger partial charge on any atom is 0.339 e. The van der Waals surface area contributed by atoms with Gasteiger partial charge in [-0.15, -0.1) is 0 Å². The molecule has 5 nitrogen and oxygen atoms in total. The molecule has 1 aliphatic heterocycles. The van der Waals surface area contributed by atoms with Crippen molar-refractivity contribution in [3.63, 3.8) is 0 Å². The molecule has 0 radical (unpaired) electrons. The molecule has 5 heteroatoms. The second kappa shape index (κ2) is 5.98. The lowest BCUT2D eigenvalue weighted by molar-refractivity contribution is 0.0528. The van der Waals surface area contributed by atoms with Crippen molar-refractivity contribution in [2.75, 3.05) is 6.61 Å². The van der Waals surface area contributed by atoms with E-state index in [0.29, 0.717) is 11.0 Å². The predicted molar refractivity (Wildman–Crippen MR) is 101 cm³/mol. The first-order valence-electron chi connectivity index (χ1n) is 9.22. The molecule has 0 saturated heterocycles. The highest BCUT2D eigenvalue weighted by atomic mass is 16.5. The Morgan fingerprint density at radius 2 is 2.07 bits per heavy atom. The van der Waals surface area contributed by atoms with E-state index < -0.39 is 11.6 Å². The van der Waals surface area contributed by atoms with Crippen molar-refractivity contribution in [3.8, 4) is 5.75 Å². The first-order valence-corrected chi connectivity index (χ1v) is 9.22. The van der Waals surface area contributed by atoms with Gasteiger partial charge in [-0.1, -0.05) is 30.3 Å². The molecular formula is C22H18O5. The number of rotatable bonds is 2. The third-order valence-corrected chi connectivity index (χ3v) is 5.38. The average Bonchev–Trinajstić information content (AvgIpc) is 3.07. The van der Waals surface area contributed by atoms with Crippen molar-refractivity contribution < 1.29 is 18.7 Å². The molecule has 0 N–H and O–H groups in total. The Balaban J connectivity index is 1.95. The van der Waals surface area contributed by atoms with E-state index in [1.807, 2.05) is 24.3 Å². The number of ether oxygens (including phenoxy) is 2. The average molecular weight is 362 g/mol. The molecule has 3 aromatic rings. The van der Waals surface area contributed by atoms with Gasteiger partial charge in [0.2, 0.25) is 0 Å². The van der Waals surface area contributed by atoms with Crippen LogP contribution in [0.25, 0.3) is 21.7 Å². The molecule has 2 aliphatic rings. The van der Waals surface area contributed by atoms with Gasteiger partial charge in [0.25, 0.3) is 0 Å². The predicted octanol–water partition coefficient (Wildman–Crippen LogP) is 4.32. The van der Waals surface area contributed by atoms with E-state index in [9.17, 15) is 9.59 Å². The van der Waals surface area contributed by atoms with Gasteiger partial charge >= 0.3 is 11.6 Å². The van der Waals surface area contributed by atoms with Gasteiger partial charge in [-0.3, -0.25) is 0 Å². The van der Waals surface area contributed by atoms with Crippen molar-refractivity contribution in [1.82, 2.24) is 0 Å². The van der Waals surface area contributed by atoms with Gasteiger partial charge in [0.1, 0.15) is 17.4 Å². The fourth-order valence-electron chi connectivity index (χ4n) is 4.30. The van der Waals surface area contributed by atoms with Crippen LogP contribution in [-0.4, -0.2) is 18.7 Å². The maximum absolute atomic E-state index is 12.6. The van der Waals surface area contributed by atoms with Crippen LogP contribution < -0.4 is 10.4 Å². The Morgan fingerprint density at radius 3 is 2.89 bits per heavy atom. The summed E-state index contributed by atoms with van der Waals surface area (Å²) in [5.74, 6) is 0.348. The van der Waals surface area contributed by atoms with Crippen LogP contribution in [0.5, 0.6) is 5.75 Å². The zero-order valence-corrected chi connectivity index (χ0v) is 14.9. The monoisotopic (exact) mass is 362 g/mol. The summed E-state index contributed by atoms with van der Waals surface area (Å²) in [7, 11) is 0. The Labute approximate surface area is 155 Å². The Kier molecular flexibility index (Phi) is 3.57. The van der Waals surface area contributed by atoms with Crippen molar-refractivity contribution >= 4 is 27.7 Å². The highest BCUT2D eigenvalue weighted by Gasteiger charge is 2.39. The van der Waals surface area contributed by atoms with Gasteiger partial charge in [-0.05, 0) is 31.2 Å². The molecule has 2 heterocycles. The fraction of sp³-hybridized carbons (Fsp3) is 0.273. The number of fused-ring (bicyclic) bond motifs is 8. The maximum atomic E-state index is 12.6. The first kappa shape index (κ1) is 16.1. The molecule has 2 unspecified atom stereocenters. The van der Waals surface area contributed by atoms with Gasteiger partial charge in [-0.25, -0.2) is 9.59 Å². The smallest absolute Gasteiger partial charge is 0.339 e. The number of hydrogen-bond donors (Lipinski definition) is 0. The third kappa shape index (κ3) is 2.31. The molecular weight excluding hydrogens is 344 g/mol. The zero-order chi connectivity index (χ0) is 18.5. The van der Waals surface area contributed by atoms with E-state index in [-0.39, 0.29) is 24.2 Å². The minimum Gasteiger partial charge on any atom is -0.485 e. The van der Waals surface area contributed by atoms with E-state index >= 15 is 0 Å². The van der Waals surface area contributed by atoms with E-state index in [0.717, 1.165) is 34.9 Å². The molecule has 2 aromatic carbocycles. The number of allylic oxidation sites excluding steroid dienone is 1. The molecule has 27 heavy (non-hydrogen) atoms. The molecule has 0 saturated carbocycles. The molecule has 2 atom stereocenters. The van der Waals surface area contributed by atoms with E-state index in [1.165, 1.54) is 6.07 Å². The van der Waals surface area contributed by atoms with E-state index in [4.69, 9.17) is 13.9 Å². The minimum absolute atomic E-state index is 0.0701. The van der Waals surface area contributed by atoms with E-state index in [2.05, 4.69) is 12.2 Å². The summed E-state index contributed by atoms with van der Waals surface area (Å²) in [6.07, 6.45) is 5.98. The molecule has 0 spiro atoms. The lowest BCUT2D eigenvalue weighted by Gasteiger charge is -2.19. The lowest BCUT2D eigenvalue weighted by Crippen LogP contribution is -2.18.